The summed E-state index contributed by atoms with van der Waals surface area (Å²) in [4.78, 5) is 12.6. The fraction of sp³-hybridized carbons (Fsp3) is 0.458. The maximum atomic E-state index is 13.6. The fourth-order valence-corrected chi connectivity index (χ4v) is 7.88. The molecule has 2 aromatic rings. The minimum absolute atomic E-state index is 0.00767. The summed E-state index contributed by atoms with van der Waals surface area (Å²) in [5, 5.41) is 12.6. The van der Waals surface area contributed by atoms with Gasteiger partial charge in [-0.3, -0.25) is 4.79 Å². The minimum atomic E-state index is -3.87. The molecule has 1 amide bonds. The third-order valence-electron chi connectivity index (χ3n) is 7.44. The molecule has 0 spiro atoms. The van der Waals surface area contributed by atoms with Gasteiger partial charge in [0.05, 0.1) is 20.8 Å². The SMILES string of the molecule is Cc1cc(F)c(F)cc1NC(=O)c1ccc(Cl)c(S(=O)(=O)[C@@H]2CC3C[C@H](C)[C@@H](C2)[C@]3(C)O)c1. The van der Waals surface area contributed by atoms with E-state index in [0.29, 0.717) is 18.4 Å². The van der Waals surface area contributed by atoms with Gasteiger partial charge in [0.15, 0.2) is 21.5 Å². The molecule has 0 heterocycles. The molecule has 1 unspecified atom stereocenters. The molecule has 2 aliphatic carbocycles. The number of amides is 1. The Bertz CT molecular complexity index is 1230. The molecule has 2 fully saturated rings. The van der Waals surface area contributed by atoms with Crippen LogP contribution in [0.25, 0.3) is 0 Å². The molecule has 4 rings (SSSR count). The highest BCUT2D eigenvalue weighted by Gasteiger charge is 2.56. The Balaban J connectivity index is 1.62. The minimum Gasteiger partial charge on any atom is -0.390 e. The number of carbonyl (C=O) groups is 1. The van der Waals surface area contributed by atoms with Gasteiger partial charge in [0, 0.05) is 17.3 Å². The maximum absolute atomic E-state index is 13.6. The van der Waals surface area contributed by atoms with Gasteiger partial charge < -0.3 is 10.4 Å². The molecule has 178 valence electrons. The molecule has 0 radical (unpaired) electrons. The van der Waals surface area contributed by atoms with E-state index in [1.54, 1.807) is 6.92 Å². The number of hydrogen-bond donors (Lipinski definition) is 2. The van der Waals surface area contributed by atoms with E-state index in [-0.39, 0.29) is 38.9 Å². The number of hydrogen-bond acceptors (Lipinski definition) is 4. The van der Waals surface area contributed by atoms with Crippen molar-refractivity contribution in [2.75, 3.05) is 5.32 Å². The number of benzene rings is 2. The number of halogens is 3. The van der Waals surface area contributed by atoms with Gasteiger partial charge in [-0.25, -0.2) is 17.2 Å². The number of aryl methyl sites for hydroxylation is 1. The van der Waals surface area contributed by atoms with Crippen molar-refractivity contribution in [3.05, 3.63) is 58.1 Å². The summed E-state index contributed by atoms with van der Waals surface area (Å²) in [6.45, 7) is 5.34. The summed E-state index contributed by atoms with van der Waals surface area (Å²) in [5.74, 6) is -2.83. The normalized spacial score (nSPS) is 29.2. The van der Waals surface area contributed by atoms with Crippen molar-refractivity contribution < 1.29 is 27.1 Å². The highest BCUT2D eigenvalue weighted by atomic mass is 35.5. The summed E-state index contributed by atoms with van der Waals surface area (Å²) < 4.78 is 54.0. The van der Waals surface area contributed by atoms with Crippen LogP contribution < -0.4 is 5.32 Å². The predicted molar refractivity (Wildman–Crippen MR) is 122 cm³/mol. The van der Waals surface area contributed by atoms with Crippen LogP contribution in [0.15, 0.2) is 35.2 Å². The van der Waals surface area contributed by atoms with Crippen molar-refractivity contribution >= 4 is 33.0 Å². The molecule has 2 N–H and O–H groups in total. The summed E-state index contributed by atoms with van der Waals surface area (Å²) >= 11 is 6.25. The van der Waals surface area contributed by atoms with Gasteiger partial charge in [-0.15, -0.1) is 0 Å². The van der Waals surface area contributed by atoms with Gasteiger partial charge in [0.1, 0.15) is 0 Å². The lowest BCUT2D eigenvalue weighted by Crippen LogP contribution is -2.46. The van der Waals surface area contributed by atoms with Crippen molar-refractivity contribution in [3.8, 4) is 0 Å². The molecule has 2 aromatic carbocycles. The van der Waals surface area contributed by atoms with Crippen molar-refractivity contribution in [1.29, 1.82) is 0 Å². The molecule has 5 nitrogen and oxygen atoms in total. The zero-order valence-corrected chi connectivity index (χ0v) is 20.1. The van der Waals surface area contributed by atoms with Crippen LogP contribution in [-0.4, -0.2) is 30.3 Å². The molecular weight excluding hydrogens is 472 g/mol. The first-order chi connectivity index (χ1) is 15.3. The molecule has 0 aromatic heterocycles. The predicted octanol–water partition coefficient (Wildman–Crippen LogP) is 5.14. The van der Waals surface area contributed by atoms with Gasteiger partial charge in [0.2, 0.25) is 0 Å². The second-order valence-electron chi connectivity index (χ2n) is 9.56. The molecule has 2 aliphatic rings. The van der Waals surface area contributed by atoms with Crippen LogP contribution in [0.2, 0.25) is 5.02 Å². The van der Waals surface area contributed by atoms with Crippen LogP contribution in [0.3, 0.4) is 0 Å². The van der Waals surface area contributed by atoms with Crippen LogP contribution in [0.5, 0.6) is 0 Å². The molecular formula is C24H26ClF2NO4S. The number of rotatable bonds is 4. The fourth-order valence-electron chi connectivity index (χ4n) is 5.50. The molecule has 33 heavy (non-hydrogen) atoms. The number of nitrogens with one attached hydrogen (secondary N) is 1. The molecule has 2 bridgehead atoms. The zero-order valence-electron chi connectivity index (χ0n) is 18.5. The van der Waals surface area contributed by atoms with Crippen LogP contribution in [0.1, 0.15) is 49.0 Å². The van der Waals surface area contributed by atoms with Crippen molar-refractivity contribution in [1.82, 2.24) is 0 Å². The largest absolute Gasteiger partial charge is 0.390 e. The second kappa shape index (κ2) is 8.32. The number of anilines is 1. The van der Waals surface area contributed by atoms with Crippen molar-refractivity contribution in [2.45, 2.75) is 55.8 Å². The lowest BCUT2D eigenvalue weighted by atomic mass is 9.74. The number of aliphatic hydroxyl groups is 1. The lowest BCUT2D eigenvalue weighted by molar-refractivity contribution is -0.0466. The maximum Gasteiger partial charge on any atom is 0.255 e. The Morgan fingerprint density at radius 1 is 1.15 bits per heavy atom. The van der Waals surface area contributed by atoms with E-state index in [1.165, 1.54) is 25.1 Å². The Morgan fingerprint density at radius 3 is 2.48 bits per heavy atom. The zero-order chi connectivity index (χ0) is 24.3. The van der Waals surface area contributed by atoms with E-state index in [9.17, 15) is 27.1 Å². The highest BCUT2D eigenvalue weighted by molar-refractivity contribution is 7.92. The number of carbonyl (C=O) groups excluding carboxylic acids is 1. The van der Waals surface area contributed by atoms with Gasteiger partial charge in [-0.1, -0.05) is 18.5 Å². The summed E-state index contributed by atoms with van der Waals surface area (Å²) in [6.07, 6.45) is 1.43. The molecule has 5 atom stereocenters. The first kappa shape index (κ1) is 24.1. The van der Waals surface area contributed by atoms with Gasteiger partial charge >= 0.3 is 0 Å². The lowest BCUT2D eigenvalue weighted by Gasteiger charge is -2.40. The molecule has 0 saturated heterocycles. The number of fused-ring (bicyclic) bond motifs is 2. The van der Waals surface area contributed by atoms with E-state index in [1.807, 2.05) is 6.92 Å². The van der Waals surface area contributed by atoms with Gasteiger partial charge in [-0.05, 0) is 80.7 Å². The quantitative estimate of drug-likeness (QED) is 0.612. The molecule has 2 saturated carbocycles. The third-order valence-corrected chi connectivity index (χ3v) is 10.1. The van der Waals surface area contributed by atoms with Crippen LogP contribution >= 0.6 is 11.6 Å². The van der Waals surface area contributed by atoms with Crippen LogP contribution in [-0.2, 0) is 9.84 Å². The standard InChI is InChI=1S/C24H26ClF2NO4S/c1-12-6-15-9-16(10-17(12)24(15,3)30)33(31,32)22-8-14(4-5-18(22)25)23(29)28-21-11-20(27)19(26)7-13(21)2/h4-5,7-8,11-12,15-17,30H,6,9-10H2,1-3H3,(H,28,29)/t12-,15?,16+,17+,24+/m0/s1. The second-order valence-corrected chi connectivity index (χ2v) is 12.2. The van der Waals surface area contributed by atoms with E-state index in [0.717, 1.165) is 18.6 Å². The van der Waals surface area contributed by atoms with Gasteiger partial charge in [0.25, 0.3) is 5.91 Å². The third kappa shape index (κ3) is 4.17. The topological polar surface area (TPSA) is 83.5 Å². The first-order valence-electron chi connectivity index (χ1n) is 10.8. The smallest absolute Gasteiger partial charge is 0.255 e. The van der Waals surface area contributed by atoms with Crippen molar-refractivity contribution in [3.63, 3.8) is 0 Å². The first-order valence-corrected chi connectivity index (χ1v) is 12.8. The molecule has 9 heteroatoms. The van der Waals surface area contributed by atoms with E-state index >= 15 is 0 Å². The number of sulfone groups is 1. The molecule has 0 aliphatic heterocycles. The van der Waals surface area contributed by atoms with Crippen LogP contribution in [0.4, 0.5) is 14.5 Å². The Morgan fingerprint density at radius 2 is 1.82 bits per heavy atom. The summed E-state index contributed by atoms with van der Waals surface area (Å²) in [5.41, 5.74) is -0.457. The summed E-state index contributed by atoms with van der Waals surface area (Å²) in [7, 11) is -3.87. The van der Waals surface area contributed by atoms with Crippen molar-refractivity contribution in [2.24, 2.45) is 17.8 Å². The van der Waals surface area contributed by atoms with Crippen LogP contribution in [0, 0.1) is 36.3 Å². The van der Waals surface area contributed by atoms with E-state index < -0.39 is 38.2 Å². The monoisotopic (exact) mass is 497 g/mol. The summed E-state index contributed by atoms with van der Waals surface area (Å²) in [6, 6.07) is 5.79. The highest BCUT2D eigenvalue weighted by Crippen LogP contribution is 2.54. The van der Waals surface area contributed by atoms with E-state index in [4.69, 9.17) is 11.6 Å². The Hall–Kier alpha value is -2.03. The van der Waals surface area contributed by atoms with Gasteiger partial charge in [-0.2, -0.15) is 0 Å². The Kier molecular flexibility index (Phi) is 6.08. The average molecular weight is 498 g/mol. The average Bonchev–Trinajstić information content (AvgIpc) is 2.85. The Labute approximate surface area is 197 Å². The van der Waals surface area contributed by atoms with E-state index in [2.05, 4.69) is 5.32 Å².